The van der Waals surface area contributed by atoms with Crippen molar-refractivity contribution in [1.82, 2.24) is 19.7 Å². The number of benzene rings is 2. The lowest BCUT2D eigenvalue weighted by Gasteiger charge is -2.09. The lowest BCUT2D eigenvalue weighted by molar-refractivity contribution is -0.113. The van der Waals surface area contributed by atoms with Crippen molar-refractivity contribution in [2.24, 2.45) is 0 Å². The Balaban J connectivity index is 1.27. The fraction of sp³-hybridized carbons (Fsp3) is 0.154. The van der Waals surface area contributed by atoms with Gasteiger partial charge in [-0.2, -0.15) is 0 Å². The Bertz CT molecular complexity index is 1440. The van der Waals surface area contributed by atoms with Crippen LogP contribution in [0, 0.1) is 13.8 Å². The van der Waals surface area contributed by atoms with E-state index in [-0.39, 0.29) is 11.7 Å². The highest BCUT2D eigenvalue weighted by atomic mass is 32.2. The van der Waals surface area contributed by atoms with E-state index in [1.807, 2.05) is 54.1 Å². The quantitative estimate of drug-likeness (QED) is 0.266. The fourth-order valence-electron chi connectivity index (χ4n) is 3.61. The van der Waals surface area contributed by atoms with Crippen molar-refractivity contribution >= 4 is 34.1 Å². The lowest BCUT2D eigenvalue weighted by atomic mass is 10.1. The second-order valence-electron chi connectivity index (χ2n) is 8.09. The molecule has 35 heavy (non-hydrogen) atoms. The zero-order valence-electron chi connectivity index (χ0n) is 19.3. The minimum absolute atomic E-state index is 0.149. The Kier molecular flexibility index (Phi) is 6.78. The van der Waals surface area contributed by atoms with Crippen molar-refractivity contribution in [2.75, 3.05) is 11.1 Å². The molecule has 5 aromatic rings. The van der Waals surface area contributed by atoms with E-state index in [0.717, 1.165) is 22.5 Å². The number of nitrogens with one attached hydrogen (secondary N) is 1. The molecular weight excluding hydrogens is 478 g/mol. The fourth-order valence-corrected chi connectivity index (χ4v) is 5.23. The summed E-state index contributed by atoms with van der Waals surface area (Å²) >= 11 is 2.80. The second kappa shape index (κ2) is 10.3. The lowest BCUT2D eigenvalue weighted by Crippen LogP contribution is -2.14. The topological polar surface area (TPSA) is 85.8 Å². The van der Waals surface area contributed by atoms with E-state index in [2.05, 4.69) is 51.7 Å². The van der Waals surface area contributed by atoms with Crippen LogP contribution in [-0.4, -0.2) is 31.4 Å². The summed E-state index contributed by atoms with van der Waals surface area (Å²) in [5.41, 5.74) is 4.51. The number of amides is 1. The van der Waals surface area contributed by atoms with Gasteiger partial charge in [0.25, 0.3) is 0 Å². The molecule has 9 heteroatoms. The van der Waals surface area contributed by atoms with Gasteiger partial charge in [-0.25, -0.2) is 4.98 Å². The molecule has 0 fully saturated rings. The second-order valence-corrected chi connectivity index (χ2v) is 10.1. The van der Waals surface area contributed by atoms with Gasteiger partial charge in [-0.1, -0.05) is 59.3 Å². The molecule has 0 radical (unpaired) electrons. The Morgan fingerprint density at radius 3 is 2.69 bits per heavy atom. The predicted octanol–water partition coefficient (Wildman–Crippen LogP) is 5.92. The van der Waals surface area contributed by atoms with Crippen LogP contribution in [0.4, 0.5) is 5.13 Å². The number of carbonyl (C=O) groups excluding carboxylic acids is 1. The van der Waals surface area contributed by atoms with Gasteiger partial charge in [0.1, 0.15) is 0 Å². The van der Waals surface area contributed by atoms with E-state index in [0.29, 0.717) is 21.9 Å². The first kappa shape index (κ1) is 23.1. The molecule has 0 unspecified atom stereocenters. The minimum atomic E-state index is -0.149. The Morgan fingerprint density at radius 2 is 1.91 bits per heavy atom. The summed E-state index contributed by atoms with van der Waals surface area (Å²) in [6.07, 6.45) is 4.21. The first-order valence-electron chi connectivity index (χ1n) is 11.0. The van der Waals surface area contributed by atoms with Crippen molar-refractivity contribution in [2.45, 2.75) is 25.4 Å². The molecule has 3 heterocycles. The van der Waals surface area contributed by atoms with E-state index in [9.17, 15) is 4.79 Å². The average Bonchev–Trinajstić information content (AvgIpc) is 3.60. The third-order valence-electron chi connectivity index (χ3n) is 5.26. The highest BCUT2D eigenvalue weighted by molar-refractivity contribution is 7.99. The van der Waals surface area contributed by atoms with E-state index in [1.54, 1.807) is 6.26 Å². The Labute approximate surface area is 211 Å². The average molecular weight is 502 g/mol. The number of anilines is 1. The van der Waals surface area contributed by atoms with Gasteiger partial charge in [-0.3, -0.25) is 9.36 Å². The smallest absolute Gasteiger partial charge is 0.236 e. The molecule has 0 saturated heterocycles. The van der Waals surface area contributed by atoms with Gasteiger partial charge in [0.2, 0.25) is 11.7 Å². The number of hydrogen-bond acceptors (Lipinski definition) is 7. The number of carbonyl (C=O) groups is 1. The molecule has 3 aromatic heterocycles. The molecular formula is C26H23N5O2S2. The number of aromatic nitrogens is 4. The van der Waals surface area contributed by atoms with Crippen molar-refractivity contribution < 1.29 is 9.21 Å². The van der Waals surface area contributed by atoms with Gasteiger partial charge >= 0.3 is 0 Å². The SMILES string of the molecule is Cc1ccc(-n2c(SCC(=O)Nc3ncc(Cc4cccc(C)c4)s3)nnc2-c2ccco2)cc1. The number of thiazole rings is 1. The first-order chi connectivity index (χ1) is 17.0. The first-order valence-corrected chi connectivity index (χ1v) is 12.8. The molecule has 0 aliphatic heterocycles. The number of nitrogens with zero attached hydrogens (tertiary/aromatic N) is 4. The van der Waals surface area contributed by atoms with Crippen molar-refractivity contribution in [3.63, 3.8) is 0 Å². The minimum Gasteiger partial charge on any atom is -0.461 e. The van der Waals surface area contributed by atoms with Crippen LogP contribution in [0.3, 0.4) is 0 Å². The molecule has 0 aliphatic carbocycles. The van der Waals surface area contributed by atoms with Gasteiger partial charge in [-0.15, -0.1) is 21.5 Å². The van der Waals surface area contributed by atoms with Crippen LogP contribution in [0.1, 0.15) is 21.6 Å². The zero-order valence-corrected chi connectivity index (χ0v) is 20.9. The molecule has 7 nitrogen and oxygen atoms in total. The maximum absolute atomic E-state index is 12.7. The molecule has 5 rings (SSSR count). The van der Waals surface area contributed by atoms with Crippen LogP contribution in [0.25, 0.3) is 17.3 Å². The van der Waals surface area contributed by atoms with Crippen LogP contribution >= 0.6 is 23.1 Å². The van der Waals surface area contributed by atoms with E-state index >= 15 is 0 Å². The van der Waals surface area contributed by atoms with Gasteiger partial charge in [0.15, 0.2) is 16.0 Å². The van der Waals surface area contributed by atoms with Crippen molar-refractivity contribution in [3.8, 4) is 17.3 Å². The van der Waals surface area contributed by atoms with Crippen LogP contribution in [0.15, 0.2) is 82.7 Å². The summed E-state index contributed by atoms with van der Waals surface area (Å²) in [4.78, 5) is 18.2. The molecule has 2 aromatic carbocycles. The van der Waals surface area contributed by atoms with Crippen molar-refractivity contribution in [1.29, 1.82) is 0 Å². The number of aryl methyl sites for hydroxylation is 2. The molecule has 1 N–H and O–H groups in total. The number of thioether (sulfide) groups is 1. The zero-order chi connectivity index (χ0) is 24.2. The van der Waals surface area contributed by atoms with Crippen LogP contribution in [0.2, 0.25) is 0 Å². The molecule has 1 amide bonds. The van der Waals surface area contributed by atoms with Crippen LogP contribution < -0.4 is 5.32 Å². The molecule has 0 bridgehead atoms. The van der Waals surface area contributed by atoms with Crippen LogP contribution in [-0.2, 0) is 11.2 Å². The third kappa shape index (κ3) is 5.52. The van der Waals surface area contributed by atoms with Gasteiger partial charge in [0.05, 0.1) is 12.0 Å². The molecule has 176 valence electrons. The normalized spacial score (nSPS) is 11.0. The predicted molar refractivity (Wildman–Crippen MR) is 139 cm³/mol. The number of rotatable bonds is 8. The number of hydrogen-bond donors (Lipinski definition) is 1. The maximum Gasteiger partial charge on any atom is 0.236 e. The highest BCUT2D eigenvalue weighted by Gasteiger charge is 2.19. The summed E-state index contributed by atoms with van der Waals surface area (Å²) in [6.45, 7) is 4.12. The monoisotopic (exact) mass is 501 g/mol. The van der Waals surface area contributed by atoms with Crippen molar-refractivity contribution in [3.05, 3.63) is 94.7 Å². The summed E-state index contributed by atoms with van der Waals surface area (Å²) in [5, 5.41) is 12.8. The Morgan fingerprint density at radius 1 is 1.06 bits per heavy atom. The summed E-state index contributed by atoms with van der Waals surface area (Å²) < 4.78 is 7.46. The number of furan rings is 1. The summed E-state index contributed by atoms with van der Waals surface area (Å²) in [5.74, 6) is 1.22. The Hall–Kier alpha value is -3.69. The van der Waals surface area contributed by atoms with Gasteiger partial charge in [-0.05, 0) is 43.7 Å². The summed E-state index contributed by atoms with van der Waals surface area (Å²) in [7, 11) is 0. The largest absolute Gasteiger partial charge is 0.461 e. The molecule has 0 aliphatic rings. The molecule has 0 saturated carbocycles. The highest BCUT2D eigenvalue weighted by Crippen LogP contribution is 2.29. The van der Waals surface area contributed by atoms with Gasteiger partial charge < -0.3 is 9.73 Å². The van der Waals surface area contributed by atoms with Crippen LogP contribution in [0.5, 0.6) is 0 Å². The molecule has 0 atom stereocenters. The van der Waals surface area contributed by atoms with E-state index in [1.165, 1.54) is 34.2 Å². The molecule has 0 spiro atoms. The van der Waals surface area contributed by atoms with Gasteiger partial charge in [0, 0.05) is 23.2 Å². The third-order valence-corrected chi connectivity index (χ3v) is 7.10. The maximum atomic E-state index is 12.7. The summed E-state index contributed by atoms with van der Waals surface area (Å²) in [6, 6.07) is 20.1. The van der Waals surface area contributed by atoms with E-state index in [4.69, 9.17) is 4.42 Å². The standard InChI is InChI=1S/C26H23N5O2S2/c1-17-8-10-20(11-9-17)31-24(22-7-4-12-33-22)29-30-26(31)34-16-23(32)28-25-27-15-21(35-25)14-19-6-3-5-18(2)13-19/h3-13,15H,14,16H2,1-2H3,(H,27,28,32). The van der Waals surface area contributed by atoms with E-state index < -0.39 is 0 Å².